The molecule has 1 aliphatic heterocycles. The lowest BCUT2D eigenvalue weighted by Crippen LogP contribution is -2.45. The molecule has 3 fully saturated rings. The van der Waals surface area contributed by atoms with Gasteiger partial charge in [0.05, 0.1) is 0 Å². The maximum Gasteiger partial charge on any atom is 0.315 e. The molecular formula is C19H34N4O2. The van der Waals surface area contributed by atoms with Crippen LogP contribution in [-0.2, 0) is 4.79 Å². The van der Waals surface area contributed by atoms with E-state index in [-0.39, 0.29) is 11.9 Å². The van der Waals surface area contributed by atoms with Gasteiger partial charge >= 0.3 is 6.03 Å². The molecule has 1 heterocycles. The third-order valence-electron chi connectivity index (χ3n) is 5.76. The van der Waals surface area contributed by atoms with Crippen LogP contribution in [0.2, 0.25) is 0 Å². The molecule has 142 valence electrons. The number of rotatable bonds is 7. The normalized spacial score (nSPS) is 23.2. The van der Waals surface area contributed by atoms with Crippen LogP contribution in [0, 0.1) is 0 Å². The molecule has 3 N–H and O–H groups in total. The number of likely N-dealkylation sites (tertiary alicyclic amines) is 1. The Morgan fingerprint density at radius 2 is 1.52 bits per heavy atom. The molecule has 0 aromatic carbocycles. The molecule has 3 amide bonds. The number of nitrogens with zero attached hydrogens (tertiary/aromatic N) is 1. The van der Waals surface area contributed by atoms with Crippen LogP contribution in [0.25, 0.3) is 0 Å². The Bertz CT molecular complexity index is 439. The van der Waals surface area contributed by atoms with E-state index >= 15 is 0 Å². The summed E-state index contributed by atoms with van der Waals surface area (Å²) in [7, 11) is 0. The zero-order valence-electron chi connectivity index (χ0n) is 15.4. The van der Waals surface area contributed by atoms with Gasteiger partial charge in [-0.25, -0.2) is 4.79 Å². The van der Waals surface area contributed by atoms with Crippen molar-refractivity contribution in [3.63, 3.8) is 0 Å². The van der Waals surface area contributed by atoms with E-state index in [9.17, 15) is 9.59 Å². The molecule has 1 saturated heterocycles. The smallest absolute Gasteiger partial charge is 0.315 e. The van der Waals surface area contributed by atoms with E-state index in [0.717, 1.165) is 44.8 Å². The van der Waals surface area contributed by atoms with Crippen molar-refractivity contribution in [3.8, 4) is 0 Å². The third-order valence-corrected chi connectivity index (χ3v) is 5.76. The molecule has 3 rings (SSSR count). The summed E-state index contributed by atoms with van der Waals surface area (Å²) in [6, 6.07) is 1.42. The molecule has 25 heavy (non-hydrogen) atoms. The van der Waals surface area contributed by atoms with Crippen molar-refractivity contribution in [2.45, 2.75) is 88.8 Å². The van der Waals surface area contributed by atoms with Crippen LogP contribution in [-0.4, -0.2) is 54.6 Å². The van der Waals surface area contributed by atoms with Gasteiger partial charge in [0, 0.05) is 44.2 Å². The average Bonchev–Trinajstić information content (AvgIpc) is 3.45. The predicted octanol–water partition coefficient (Wildman–Crippen LogP) is 2.14. The number of amides is 3. The average molecular weight is 351 g/mol. The lowest BCUT2D eigenvalue weighted by molar-refractivity contribution is -0.122. The van der Waals surface area contributed by atoms with E-state index in [1.807, 2.05) is 0 Å². The fraction of sp³-hybridized carbons (Fsp3) is 0.895. The van der Waals surface area contributed by atoms with Crippen molar-refractivity contribution < 1.29 is 9.59 Å². The first-order chi connectivity index (χ1) is 12.2. The highest BCUT2D eigenvalue weighted by Crippen LogP contribution is 2.29. The molecular weight excluding hydrogens is 316 g/mol. The Morgan fingerprint density at radius 3 is 2.20 bits per heavy atom. The lowest BCUT2D eigenvalue weighted by atomic mass is 9.96. The van der Waals surface area contributed by atoms with Crippen molar-refractivity contribution in [3.05, 3.63) is 0 Å². The number of urea groups is 1. The van der Waals surface area contributed by atoms with E-state index in [0.29, 0.717) is 31.5 Å². The summed E-state index contributed by atoms with van der Waals surface area (Å²) in [6.07, 6.45) is 12.0. The molecule has 2 aliphatic carbocycles. The number of carbonyl (C=O) groups excluding carboxylic acids is 2. The summed E-state index contributed by atoms with van der Waals surface area (Å²) < 4.78 is 0. The first-order valence-corrected chi connectivity index (χ1v) is 10.3. The maximum absolute atomic E-state index is 12.0. The number of hydrogen-bond donors (Lipinski definition) is 3. The van der Waals surface area contributed by atoms with Gasteiger partial charge in [-0.3, -0.25) is 4.79 Å². The Kier molecular flexibility index (Phi) is 6.96. The monoisotopic (exact) mass is 350 g/mol. The van der Waals surface area contributed by atoms with Gasteiger partial charge < -0.3 is 20.9 Å². The summed E-state index contributed by atoms with van der Waals surface area (Å²) in [5.74, 6) is 0.124. The van der Waals surface area contributed by atoms with Crippen LogP contribution in [0.4, 0.5) is 4.79 Å². The van der Waals surface area contributed by atoms with E-state index in [1.54, 1.807) is 0 Å². The molecule has 0 unspecified atom stereocenters. The number of piperidine rings is 1. The maximum atomic E-state index is 12.0. The molecule has 6 heteroatoms. The van der Waals surface area contributed by atoms with Gasteiger partial charge in [-0.15, -0.1) is 0 Å². The summed E-state index contributed by atoms with van der Waals surface area (Å²) in [4.78, 5) is 26.5. The Labute approximate surface area is 151 Å². The zero-order valence-corrected chi connectivity index (χ0v) is 15.4. The SMILES string of the molecule is O=C(CCCNC(=O)NC1CCCCC1)NC1CCN(C2CC2)CC1. The molecule has 2 saturated carbocycles. The first kappa shape index (κ1) is 18.5. The molecule has 6 nitrogen and oxygen atoms in total. The van der Waals surface area contributed by atoms with Crippen molar-refractivity contribution in [1.82, 2.24) is 20.9 Å². The van der Waals surface area contributed by atoms with Crippen LogP contribution in [0.3, 0.4) is 0 Å². The second kappa shape index (κ2) is 9.41. The van der Waals surface area contributed by atoms with Gasteiger partial charge in [-0.2, -0.15) is 0 Å². The molecule has 0 bridgehead atoms. The summed E-state index contributed by atoms with van der Waals surface area (Å²) in [5, 5.41) is 9.07. The fourth-order valence-electron chi connectivity index (χ4n) is 4.08. The molecule has 0 atom stereocenters. The first-order valence-electron chi connectivity index (χ1n) is 10.3. The van der Waals surface area contributed by atoms with Crippen molar-refractivity contribution >= 4 is 11.9 Å². The van der Waals surface area contributed by atoms with Gasteiger partial charge in [0.2, 0.25) is 5.91 Å². The zero-order chi connectivity index (χ0) is 17.5. The van der Waals surface area contributed by atoms with Gasteiger partial charge in [-0.05, 0) is 44.9 Å². The Balaban J connectivity index is 1.20. The van der Waals surface area contributed by atoms with Crippen molar-refractivity contribution in [1.29, 1.82) is 0 Å². The molecule has 0 aromatic rings. The molecule has 3 aliphatic rings. The molecule has 0 radical (unpaired) electrons. The highest BCUT2D eigenvalue weighted by atomic mass is 16.2. The largest absolute Gasteiger partial charge is 0.353 e. The minimum atomic E-state index is -0.0836. The van der Waals surface area contributed by atoms with Gasteiger partial charge in [-0.1, -0.05) is 19.3 Å². The fourth-order valence-corrected chi connectivity index (χ4v) is 4.08. The van der Waals surface area contributed by atoms with Crippen LogP contribution >= 0.6 is 0 Å². The second-order valence-corrected chi connectivity index (χ2v) is 7.95. The van der Waals surface area contributed by atoms with E-state index < -0.39 is 0 Å². The Hall–Kier alpha value is -1.30. The van der Waals surface area contributed by atoms with E-state index in [1.165, 1.54) is 32.1 Å². The van der Waals surface area contributed by atoms with E-state index in [2.05, 4.69) is 20.9 Å². The molecule has 0 spiro atoms. The number of nitrogens with one attached hydrogen (secondary N) is 3. The summed E-state index contributed by atoms with van der Waals surface area (Å²) in [5.41, 5.74) is 0. The quantitative estimate of drug-likeness (QED) is 0.616. The van der Waals surface area contributed by atoms with Gasteiger partial charge in [0.1, 0.15) is 0 Å². The lowest BCUT2D eigenvalue weighted by Gasteiger charge is -2.32. The topological polar surface area (TPSA) is 73.5 Å². The standard InChI is InChI=1S/C19H34N4O2/c24-18(21-16-10-13-23(14-11-16)17-8-9-17)7-4-12-20-19(25)22-15-5-2-1-3-6-15/h15-17H,1-14H2,(H,21,24)(H2,20,22,25). The predicted molar refractivity (Wildman–Crippen MR) is 98.4 cm³/mol. The summed E-state index contributed by atoms with van der Waals surface area (Å²) >= 11 is 0. The van der Waals surface area contributed by atoms with E-state index in [4.69, 9.17) is 0 Å². The van der Waals surface area contributed by atoms with Gasteiger partial charge in [0.25, 0.3) is 0 Å². The van der Waals surface area contributed by atoms with Crippen LogP contribution in [0.1, 0.15) is 70.6 Å². The minimum absolute atomic E-state index is 0.0836. The molecule has 0 aromatic heterocycles. The van der Waals surface area contributed by atoms with Crippen LogP contribution in [0.15, 0.2) is 0 Å². The Morgan fingerprint density at radius 1 is 0.840 bits per heavy atom. The van der Waals surface area contributed by atoms with Crippen LogP contribution in [0.5, 0.6) is 0 Å². The highest BCUT2D eigenvalue weighted by molar-refractivity contribution is 5.76. The van der Waals surface area contributed by atoms with Crippen molar-refractivity contribution in [2.24, 2.45) is 0 Å². The highest BCUT2D eigenvalue weighted by Gasteiger charge is 2.31. The summed E-state index contributed by atoms with van der Waals surface area (Å²) in [6.45, 7) is 2.81. The van der Waals surface area contributed by atoms with Crippen LogP contribution < -0.4 is 16.0 Å². The second-order valence-electron chi connectivity index (χ2n) is 7.95. The third kappa shape index (κ3) is 6.49. The van der Waals surface area contributed by atoms with Crippen molar-refractivity contribution in [2.75, 3.05) is 19.6 Å². The number of carbonyl (C=O) groups is 2. The minimum Gasteiger partial charge on any atom is -0.353 e. The van der Waals surface area contributed by atoms with Gasteiger partial charge in [0.15, 0.2) is 0 Å². The number of hydrogen-bond acceptors (Lipinski definition) is 3.